The van der Waals surface area contributed by atoms with Crippen molar-refractivity contribution in [3.63, 3.8) is 0 Å². The Morgan fingerprint density at radius 2 is 1.23 bits per heavy atom. The molecule has 0 saturated heterocycles. The molecular formula is C20H22O10. The van der Waals surface area contributed by atoms with E-state index in [1.54, 1.807) is 42.5 Å². The van der Waals surface area contributed by atoms with Crippen LogP contribution in [0.5, 0.6) is 17.2 Å². The van der Waals surface area contributed by atoms with Gasteiger partial charge in [0.15, 0.2) is 12.4 Å². The first kappa shape index (κ1) is 24.6. The molecule has 30 heavy (non-hydrogen) atoms. The van der Waals surface area contributed by atoms with Crippen LogP contribution in [0.4, 0.5) is 0 Å². The standard InChI is InChI=1S/C14H12O3.C6H10O7/c15-12-5-3-10(4-6-12)1-2-11-7-13(16)9-14(17)8-11;7-1-2(8)3(9)4(10)5(11)6(12)13/h1-9,15-17H;1-5,8-11H,(H,12,13)/b2-1+;/t;2-,3+,4-,5-/m.0/s1. The second-order valence-corrected chi connectivity index (χ2v) is 6.10. The third-order valence-corrected chi connectivity index (χ3v) is 3.70. The fourth-order valence-corrected chi connectivity index (χ4v) is 2.11. The molecule has 162 valence electrons. The molecule has 0 unspecified atom stereocenters. The number of aliphatic hydroxyl groups is 4. The fourth-order valence-electron chi connectivity index (χ4n) is 2.11. The van der Waals surface area contributed by atoms with E-state index in [1.165, 1.54) is 6.07 Å². The molecule has 10 nitrogen and oxygen atoms in total. The largest absolute Gasteiger partial charge is 0.508 e. The second kappa shape index (κ2) is 11.5. The van der Waals surface area contributed by atoms with Gasteiger partial charge in [0.25, 0.3) is 0 Å². The van der Waals surface area contributed by atoms with Gasteiger partial charge in [-0.25, -0.2) is 4.79 Å². The van der Waals surface area contributed by atoms with Gasteiger partial charge in [-0.2, -0.15) is 0 Å². The minimum atomic E-state index is -2.25. The molecule has 0 aromatic heterocycles. The van der Waals surface area contributed by atoms with Crippen molar-refractivity contribution >= 4 is 24.4 Å². The Kier molecular flexibility index (Phi) is 9.46. The van der Waals surface area contributed by atoms with E-state index in [9.17, 15) is 19.8 Å². The van der Waals surface area contributed by atoms with E-state index in [0.29, 0.717) is 5.56 Å². The molecule has 2 aromatic carbocycles. The number of aldehydes is 1. The van der Waals surface area contributed by atoms with Crippen LogP contribution < -0.4 is 0 Å². The Balaban J connectivity index is 0.000000314. The van der Waals surface area contributed by atoms with E-state index < -0.39 is 30.4 Å². The lowest BCUT2D eigenvalue weighted by atomic mass is 10.0. The Bertz CT molecular complexity index is 842. The van der Waals surface area contributed by atoms with Gasteiger partial charge in [-0.15, -0.1) is 0 Å². The number of aromatic hydroxyl groups is 3. The molecule has 2 aromatic rings. The molecule has 0 spiro atoms. The summed E-state index contributed by atoms with van der Waals surface area (Å²) >= 11 is 0. The van der Waals surface area contributed by atoms with Crippen LogP contribution in [0, 0.1) is 0 Å². The fraction of sp³-hybridized carbons (Fsp3) is 0.200. The smallest absolute Gasteiger partial charge is 0.335 e. The van der Waals surface area contributed by atoms with Gasteiger partial charge in [0.2, 0.25) is 0 Å². The van der Waals surface area contributed by atoms with Crippen LogP contribution >= 0.6 is 0 Å². The number of aliphatic carboxylic acids is 1. The highest BCUT2D eigenvalue weighted by Crippen LogP contribution is 2.22. The first-order valence-electron chi connectivity index (χ1n) is 8.45. The summed E-state index contributed by atoms with van der Waals surface area (Å²) in [6.07, 6.45) is -4.79. The number of carbonyl (C=O) groups is 2. The van der Waals surface area contributed by atoms with E-state index in [0.717, 1.165) is 5.56 Å². The average molecular weight is 422 g/mol. The zero-order valence-electron chi connectivity index (χ0n) is 15.5. The van der Waals surface area contributed by atoms with Gasteiger partial charge in [-0.3, -0.25) is 0 Å². The number of aliphatic hydroxyl groups excluding tert-OH is 4. The molecular weight excluding hydrogens is 400 g/mol. The van der Waals surface area contributed by atoms with Crippen LogP contribution in [0.25, 0.3) is 12.2 Å². The SMILES string of the molecule is O=C[C@H](O)[C@@H](O)[C@H](O)[C@H](O)C(=O)O.Oc1ccc(/C=C/c2cc(O)cc(O)c2)cc1. The monoisotopic (exact) mass is 422 g/mol. The highest BCUT2D eigenvalue weighted by atomic mass is 16.4. The summed E-state index contributed by atoms with van der Waals surface area (Å²) in [5.74, 6) is -1.49. The summed E-state index contributed by atoms with van der Waals surface area (Å²) in [6, 6.07) is 11.1. The minimum absolute atomic E-state index is 0.0235. The van der Waals surface area contributed by atoms with Crippen molar-refractivity contribution in [1.82, 2.24) is 0 Å². The number of hydrogen-bond acceptors (Lipinski definition) is 9. The summed E-state index contributed by atoms with van der Waals surface area (Å²) in [6.45, 7) is 0. The van der Waals surface area contributed by atoms with Crippen LogP contribution in [-0.2, 0) is 9.59 Å². The summed E-state index contributed by atoms with van der Waals surface area (Å²) < 4.78 is 0. The Morgan fingerprint density at radius 3 is 1.70 bits per heavy atom. The number of rotatable bonds is 7. The predicted octanol–water partition coefficient (Wildman–Crippen LogP) is -0.313. The topological polar surface area (TPSA) is 196 Å². The van der Waals surface area contributed by atoms with Crippen molar-refractivity contribution in [2.45, 2.75) is 24.4 Å². The van der Waals surface area contributed by atoms with Gasteiger partial charge in [0.1, 0.15) is 35.6 Å². The first-order valence-corrected chi connectivity index (χ1v) is 8.45. The van der Waals surface area contributed by atoms with Gasteiger partial charge < -0.3 is 45.6 Å². The quantitative estimate of drug-likeness (QED) is 0.216. The number of phenols is 3. The lowest BCUT2D eigenvalue weighted by Crippen LogP contribution is -2.48. The van der Waals surface area contributed by atoms with E-state index in [1.807, 2.05) is 6.08 Å². The van der Waals surface area contributed by atoms with Crippen LogP contribution in [0.1, 0.15) is 11.1 Å². The predicted molar refractivity (Wildman–Crippen MR) is 105 cm³/mol. The number of benzene rings is 2. The number of hydrogen-bond donors (Lipinski definition) is 8. The molecule has 0 aliphatic heterocycles. The van der Waals surface area contributed by atoms with Crippen LogP contribution in [0.15, 0.2) is 42.5 Å². The van der Waals surface area contributed by atoms with Crippen molar-refractivity contribution < 1.29 is 50.4 Å². The van der Waals surface area contributed by atoms with E-state index in [2.05, 4.69) is 0 Å². The second-order valence-electron chi connectivity index (χ2n) is 6.10. The Hall–Kier alpha value is -3.44. The Labute approximate surface area is 170 Å². The van der Waals surface area contributed by atoms with Crippen molar-refractivity contribution in [2.75, 3.05) is 0 Å². The highest BCUT2D eigenvalue weighted by Gasteiger charge is 2.34. The van der Waals surface area contributed by atoms with Crippen LogP contribution in [0.2, 0.25) is 0 Å². The van der Waals surface area contributed by atoms with E-state index >= 15 is 0 Å². The molecule has 0 saturated carbocycles. The lowest BCUT2D eigenvalue weighted by Gasteiger charge is -2.21. The molecule has 10 heteroatoms. The zero-order valence-corrected chi connectivity index (χ0v) is 15.5. The number of carbonyl (C=O) groups excluding carboxylic acids is 1. The van der Waals surface area contributed by atoms with Gasteiger partial charge in [-0.1, -0.05) is 24.3 Å². The van der Waals surface area contributed by atoms with Gasteiger partial charge in [0.05, 0.1) is 0 Å². The average Bonchev–Trinajstić information content (AvgIpc) is 2.70. The number of phenolic OH excluding ortho intramolecular Hbond substituents is 3. The van der Waals surface area contributed by atoms with E-state index in [4.69, 9.17) is 30.6 Å². The Morgan fingerprint density at radius 1 is 0.733 bits per heavy atom. The molecule has 0 aliphatic carbocycles. The first-order chi connectivity index (χ1) is 14.0. The maximum atomic E-state index is 10.1. The zero-order chi connectivity index (χ0) is 22.8. The molecule has 8 N–H and O–H groups in total. The number of carboxylic acids is 1. The van der Waals surface area contributed by atoms with Gasteiger partial charge >= 0.3 is 5.97 Å². The molecule has 4 atom stereocenters. The van der Waals surface area contributed by atoms with Crippen molar-refractivity contribution in [2.24, 2.45) is 0 Å². The van der Waals surface area contributed by atoms with Crippen LogP contribution in [0.3, 0.4) is 0 Å². The molecule has 0 fully saturated rings. The van der Waals surface area contributed by atoms with E-state index in [-0.39, 0.29) is 23.5 Å². The normalized spacial score (nSPS) is 14.8. The molecule has 2 rings (SSSR count). The van der Waals surface area contributed by atoms with Crippen molar-refractivity contribution in [1.29, 1.82) is 0 Å². The number of carboxylic acid groups (broad SMARTS) is 1. The molecule has 0 heterocycles. The van der Waals surface area contributed by atoms with Crippen molar-refractivity contribution in [3.8, 4) is 17.2 Å². The summed E-state index contributed by atoms with van der Waals surface area (Å²) in [4.78, 5) is 20.0. The van der Waals surface area contributed by atoms with Crippen molar-refractivity contribution in [3.05, 3.63) is 53.6 Å². The highest BCUT2D eigenvalue weighted by molar-refractivity contribution is 5.73. The molecule has 0 bridgehead atoms. The van der Waals surface area contributed by atoms with Gasteiger partial charge in [0, 0.05) is 6.07 Å². The summed E-state index contributed by atoms with van der Waals surface area (Å²) in [5.41, 5.74) is 1.63. The maximum Gasteiger partial charge on any atom is 0.335 e. The maximum absolute atomic E-state index is 10.1. The van der Waals surface area contributed by atoms with Gasteiger partial charge in [-0.05, 0) is 35.4 Å². The van der Waals surface area contributed by atoms with Crippen LogP contribution in [-0.4, -0.2) is 77.5 Å². The minimum Gasteiger partial charge on any atom is -0.508 e. The summed E-state index contributed by atoms with van der Waals surface area (Å²) in [7, 11) is 0. The lowest BCUT2D eigenvalue weighted by molar-refractivity contribution is -0.163. The third kappa shape index (κ3) is 7.89. The summed E-state index contributed by atoms with van der Waals surface area (Å²) in [5, 5.41) is 70.9. The molecule has 0 radical (unpaired) electrons. The molecule has 0 amide bonds. The molecule has 0 aliphatic rings. The third-order valence-electron chi connectivity index (χ3n) is 3.70.